The molecule has 0 aromatic carbocycles. The Hall–Kier alpha value is -2.64. The van der Waals surface area contributed by atoms with E-state index in [9.17, 15) is 14.9 Å². The first-order chi connectivity index (χ1) is 10.0. The molecule has 0 fully saturated rings. The molecule has 0 radical (unpaired) electrons. The molecule has 0 aliphatic heterocycles. The monoisotopic (exact) mass is 291 g/mol. The molecule has 1 amide bonds. The number of hydrogen-bond acceptors (Lipinski definition) is 4. The normalized spacial score (nSPS) is 12.1. The van der Waals surface area contributed by atoms with Crippen LogP contribution in [0.1, 0.15) is 42.6 Å². The molecule has 0 aliphatic carbocycles. The Morgan fingerprint density at radius 2 is 2.38 bits per heavy atom. The van der Waals surface area contributed by atoms with Gasteiger partial charge in [-0.05, 0) is 13.3 Å². The lowest BCUT2D eigenvalue weighted by Crippen LogP contribution is -2.29. The summed E-state index contributed by atoms with van der Waals surface area (Å²) in [5, 5.41) is 13.6. The lowest BCUT2D eigenvalue weighted by Gasteiger charge is -2.12. The first kappa shape index (κ1) is 14.8. The van der Waals surface area contributed by atoms with Gasteiger partial charge in [-0.3, -0.25) is 14.9 Å². The number of carbonyl (C=O) groups is 1. The quantitative estimate of drug-likeness (QED) is 0.627. The topological polar surface area (TPSA) is 106 Å². The fraction of sp³-hybridized carbons (Fsp3) is 0.385. The highest BCUT2D eigenvalue weighted by Gasteiger charge is 2.21. The average molecular weight is 291 g/mol. The van der Waals surface area contributed by atoms with E-state index in [0.717, 1.165) is 6.42 Å². The Morgan fingerprint density at radius 1 is 1.62 bits per heavy atom. The van der Waals surface area contributed by atoms with E-state index >= 15 is 0 Å². The summed E-state index contributed by atoms with van der Waals surface area (Å²) in [5.41, 5.74) is 0.196. The van der Waals surface area contributed by atoms with Crippen LogP contribution in [0.5, 0.6) is 0 Å². The minimum atomic E-state index is -0.501. The van der Waals surface area contributed by atoms with Crippen LogP contribution in [0.2, 0.25) is 0 Å². The summed E-state index contributed by atoms with van der Waals surface area (Å²) in [6.07, 6.45) is 5.43. The van der Waals surface area contributed by atoms with Gasteiger partial charge < -0.3 is 14.9 Å². The lowest BCUT2D eigenvalue weighted by molar-refractivity contribution is -0.384. The van der Waals surface area contributed by atoms with Gasteiger partial charge >= 0.3 is 0 Å². The first-order valence-electron chi connectivity index (χ1n) is 6.67. The Bertz CT molecular complexity index is 632. The summed E-state index contributed by atoms with van der Waals surface area (Å²) in [6, 6.07) is 0.983. The van der Waals surface area contributed by atoms with Crippen LogP contribution in [0.25, 0.3) is 0 Å². The summed E-state index contributed by atoms with van der Waals surface area (Å²) in [4.78, 5) is 29.6. The maximum Gasteiger partial charge on any atom is 0.287 e. The molecule has 0 saturated heterocycles. The van der Waals surface area contributed by atoms with Gasteiger partial charge in [0, 0.05) is 25.0 Å². The van der Waals surface area contributed by atoms with E-state index in [1.54, 1.807) is 23.9 Å². The average Bonchev–Trinajstić information content (AvgIpc) is 3.08. The first-order valence-corrected chi connectivity index (χ1v) is 6.67. The van der Waals surface area contributed by atoms with Crippen LogP contribution in [0.3, 0.4) is 0 Å². The Morgan fingerprint density at radius 3 is 2.95 bits per heavy atom. The molecule has 0 saturated carbocycles. The number of aromatic amines is 1. The maximum atomic E-state index is 12.3. The molecule has 2 aromatic rings. The van der Waals surface area contributed by atoms with Crippen LogP contribution in [0.15, 0.2) is 24.7 Å². The second-order valence-corrected chi connectivity index (χ2v) is 4.70. The highest BCUT2D eigenvalue weighted by atomic mass is 16.6. The van der Waals surface area contributed by atoms with Crippen LogP contribution in [-0.4, -0.2) is 25.4 Å². The van der Waals surface area contributed by atoms with E-state index in [0.29, 0.717) is 12.4 Å². The standard InChI is InChI=1S/C13H17N5O3/c1-3-6-17-8-10(18(20)21)7-11(17)13(19)16-9(2)12-14-4-5-15-12/h4-5,7-9H,3,6H2,1-2H3,(H,14,15)(H,16,19). The molecule has 21 heavy (non-hydrogen) atoms. The molecular weight excluding hydrogens is 274 g/mol. The Kier molecular flexibility index (Phi) is 4.36. The van der Waals surface area contributed by atoms with Crippen molar-refractivity contribution < 1.29 is 9.72 Å². The third-order valence-electron chi connectivity index (χ3n) is 3.07. The van der Waals surface area contributed by atoms with Gasteiger partial charge in [-0.2, -0.15) is 0 Å². The van der Waals surface area contributed by atoms with Gasteiger partial charge in [0.25, 0.3) is 11.6 Å². The van der Waals surface area contributed by atoms with Crippen LogP contribution < -0.4 is 5.32 Å². The Balaban J connectivity index is 2.19. The lowest BCUT2D eigenvalue weighted by atomic mass is 10.3. The van der Waals surface area contributed by atoms with Crippen LogP contribution >= 0.6 is 0 Å². The molecule has 8 nitrogen and oxygen atoms in total. The van der Waals surface area contributed by atoms with Gasteiger partial charge in [0.15, 0.2) is 0 Å². The van der Waals surface area contributed by atoms with Crippen molar-refractivity contribution in [1.29, 1.82) is 0 Å². The largest absolute Gasteiger partial charge is 0.347 e. The maximum absolute atomic E-state index is 12.3. The molecule has 0 spiro atoms. The van der Waals surface area contributed by atoms with E-state index in [1.165, 1.54) is 12.3 Å². The molecule has 0 bridgehead atoms. The number of nitro groups is 1. The molecular formula is C13H17N5O3. The number of nitrogens with one attached hydrogen (secondary N) is 2. The number of aryl methyl sites for hydroxylation is 1. The number of aromatic nitrogens is 3. The molecule has 8 heteroatoms. The fourth-order valence-corrected chi connectivity index (χ4v) is 2.06. The van der Waals surface area contributed by atoms with Crippen LogP contribution in [0.4, 0.5) is 5.69 Å². The van der Waals surface area contributed by atoms with Crippen molar-refractivity contribution in [2.24, 2.45) is 0 Å². The number of H-pyrrole nitrogens is 1. The minimum absolute atomic E-state index is 0.0840. The highest BCUT2D eigenvalue weighted by Crippen LogP contribution is 2.18. The predicted octanol–water partition coefficient (Wildman–Crippen LogP) is 2.02. The van der Waals surface area contributed by atoms with Gasteiger partial charge in [0.05, 0.1) is 17.2 Å². The zero-order chi connectivity index (χ0) is 15.4. The summed E-state index contributed by atoms with van der Waals surface area (Å²) < 4.78 is 1.60. The molecule has 1 atom stereocenters. The number of imidazole rings is 1. The fourth-order valence-electron chi connectivity index (χ4n) is 2.06. The highest BCUT2D eigenvalue weighted by molar-refractivity contribution is 5.93. The van der Waals surface area contributed by atoms with Crippen molar-refractivity contribution in [3.05, 3.63) is 46.3 Å². The van der Waals surface area contributed by atoms with Crippen molar-refractivity contribution >= 4 is 11.6 Å². The van der Waals surface area contributed by atoms with E-state index in [-0.39, 0.29) is 23.3 Å². The van der Waals surface area contributed by atoms with E-state index < -0.39 is 4.92 Å². The second kappa shape index (κ2) is 6.21. The molecule has 0 aliphatic rings. The van der Waals surface area contributed by atoms with Crippen molar-refractivity contribution in [2.75, 3.05) is 0 Å². The van der Waals surface area contributed by atoms with E-state index in [4.69, 9.17) is 0 Å². The van der Waals surface area contributed by atoms with Crippen LogP contribution in [-0.2, 0) is 6.54 Å². The second-order valence-electron chi connectivity index (χ2n) is 4.70. The zero-order valence-electron chi connectivity index (χ0n) is 11.9. The smallest absolute Gasteiger partial charge is 0.287 e. The number of hydrogen-bond donors (Lipinski definition) is 2. The van der Waals surface area contributed by atoms with Crippen molar-refractivity contribution in [3.63, 3.8) is 0 Å². The van der Waals surface area contributed by atoms with Crippen molar-refractivity contribution in [3.8, 4) is 0 Å². The Labute approximate surface area is 121 Å². The van der Waals surface area contributed by atoms with Gasteiger partial charge in [-0.1, -0.05) is 6.92 Å². The molecule has 1 unspecified atom stereocenters. The van der Waals surface area contributed by atoms with Gasteiger partial charge in [0.2, 0.25) is 0 Å². The summed E-state index contributed by atoms with van der Waals surface area (Å²) >= 11 is 0. The summed E-state index contributed by atoms with van der Waals surface area (Å²) in [5.74, 6) is 0.270. The number of rotatable bonds is 6. The number of carbonyl (C=O) groups excluding carboxylic acids is 1. The molecule has 2 rings (SSSR count). The summed E-state index contributed by atoms with van der Waals surface area (Å²) in [6.45, 7) is 4.28. The van der Waals surface area contributed by atoms with Gasteiger partial charge in [-0.15, -0.1) is 0 Å². The third-order valence-corrected chi connectivity index (χ3v) is 3.07. The van der Waals surface area contributed by atoms with E-state index in [1.807, 2.05) is 6.92 Å². The predicted molar refractivity (Wildman–Crippen MR) is 75.8 cm³/mol. The molecule has 2 aromatic heterocycles. The molecule has 2 heterocycles. The molecule has 2 N–H and O–H groups in total. The number of amides is 1. The molecule has 112 valence electrons. The SMILES string of the molecule is CCCn1cc([N+](=O)[O-])cc1C(=O)NC(C)c1ncc[nH]1. The third kappa shape index (κ3) is 3.28. The van der Waals surface area contributed by atoms with Crippen molar-refractivity contribution in [1.82, 2.24) is 19.9 Å². The summed E-state index contributed by atoms with van der Waals surface area (Å²) in [7, 11) is 0. The van der Waals surface area contributed by atoms with Gasteiger partial charge in [-0.25, -0.2) is 4.98 Å². The van der Waals surface area contributed by atoms with Crippen LogP contribution in [0, 0.1) is 10.1 Å². The van der Waals surface area contributed by atoms with E-state index in [2.05, 4.69) is 15.3 Å². The number of nitrogens with zero attached hydrogens (tertiary/aromatic N) is 3. The van der Waals surface area contributed by atoms with Gasteiger partial charge in [0.1, 0.15) is 11.5 Å². The minimum Gasteiger partial charge on any atom is -0.347 e. The van der Waals surface area contributed by atoms with Crippen molar-refractivity contribution in [2.45, 2.75) is 32.9 Å². The zero-order valence-corrected chi connectivity index (χ0v) is 11.9.